The minimum absolute atomic E-state index is 0.321. The van der Waals surface area contributed by atoms with Crippen molar-refractivity contribution in [2.24, 2.45) is 5.73 Å². The van der Waals surface area contributed by atoms with Gasteiger partial charge in [-0.3, -0.25) is 0 Å². The fourth-order valence-corrected chi connectivity index (χ4v) is 3.19. The number of alkyl halides is 3. The van der Waals surface area contributed by atoms with E-state index in [4.69, 9.17) is 5.73 Å². The molecule has 0 aliphatic rings. The molecule has 2 aromatic rings. The number of hydrogen-bond acceptors (Lipinski definition) is 3. The van der Waals surface area contributed by atoms with E-state index in [1.165, 1.54) is 24.3 Å². The molecule has 23 heavy (non-hydrogen) atoms. The van der Waals surface area contributed by atoms with Gasteiger partial charge in [0.1, 0.15) is 0 Å². The molecule has 0 atom stereocenters. The SMILES string of the molecule is NCC(NS(=O)(=O)C(F)(F)F)(c1ccccc1)c1ccccc1. The molecule has 0 amide bonds. The normalized spacial score (nSPS) is 13.0. The molecular weight excluding hydrogens is 329 g/mol. The van der Waals surface area contributed by atoms with Crippen LogP contribution in [0.3, 0.4) is 0 Å². The Kier molecular flexibility index (Phi) is 4.79. The quantitative estimate of drug-likeness (QED) is 0.874. The standard InChI is InChI=1S/C15H15F3N2O2S/c16-15(17,18)23(21,22)20-14(11-19,12-7-3-1-4-8-12)13-9-5-2-6-10-13/h1-10,20H,11,19H2. The number of benzene rings is 2. The van der Waals surface area contributed by atoms with E-state index in [0.717, 1.165) is 0 Å². The van der Waals surface area contributed by atoms with Crippen LogP contribution in [0.4, 0.5) is 13.2 Å². The van der Waals surface area contributed by atoms with E-state index in [2.05, 4.69) is 0 Å². The first-order valence-corrected chi connectivity index (χ1v) is 8.12. The van der Waals surface area contributed by atoms with E-state index >= 15 is 0 Å². The van der Waals surface area contributed by atoms with Gasteiger partial charge in [-0.15, -0.1) is 0 Å². The second-order valence-electron chi connectivity index (χ2n) is 4.89. The van der Waals surface area contributed by atoms with Gasteiger partial charge in [0.15, 0.2) is 0 Å². The van der Waals surface area contributed by atoms with Crippen LogP contribution in [-0.4, -0.2) is 20.5 Å². The van der Waals surface area contributed by atoms with Gasteiger partial charge in [0, 0.05) is 6.54 Å². The first-order chi connectivity index (χ1) is 10.7. The number of nitrogens with one attached hydrogen (secondary N) is 1. The molecule has 8 heteroatoms. The van der Waals surface area contributed by atoms with Crippen molar-refractivity contribution in [1.82, 2.24) is 4.72 Å². The molecule has 0 saturated carbocycles. The van der Waals surface area contributed by atoms with Crippen molar-refractivity contribution in [2.45, 2.75) is 11.0 Å². The second-order valence-corrected chi connectivity index (χ2v) is 6.57. The highest BCUT2D eigenvalue weighted by Gasteiger charge is 2.50. The van der Waals surface area contributed by atoms with Gasteiger partial charge in [-0.1, -0.05) is 60.7 Å². The predicted octanol–water partition coefficient (Wildman–Crippen LogP) is 2.33. The number of rotatable bonds is 5. The highest BCUT2D eigenvalue weighted by molar-refractivity contribution is 7.90. The van der Waals surface area contributed by atoms with Gasteiger partial charge in [-0.25, -0.2) is 8.42 Å². The molecule has 0 unspecified atom stereocenters. The molecule has 2 rings (SSSR count). The third-order valence-corrected chi connectivity index (χ3v) is 4.68. The van der Waals surface area contributed by atoms with E-state index in [0.29, 0.717) is 11.1 Å². The summed E-state index contributed by atoms with van der Waals surface area (Å²) in [5.74, 6) is 0. The van der Waals surface area contributed by atoms with Crippen LogP contribution in [0.5, 0.6) is 0 Å². The van der Waals surface area contributed by atoms with Crippen LogP contribution in [0.1, 0.15) is 11.1 Å². The summed E-state index contributed by atoms with van der Waals surface area (Å²) in [5.41, 5.74) is -0.775. The van der Waals surface area contributed by atoms with Crippen molar-refractivity contribution in [3.8, 4) is 0 Å². The summed E-state index contributed by atoms with van der Waals surface area (Å²) in [6.07, 6.45) is 0. The lowest BCUT2D eigenvalue weighted by molar-refractivity contribution is -0.0454. The summed E-state index contributed by atoms with van der Waals surface area (Å²) >= 11 is 0. The monoisotopic (exact) mass is 344 g/mol. The summed E-state index contributed by atoms with van der Waals surface area (Å²) < 4.78 is 63.6. The molecule has 0 aromatic heterocycles. The number of sulfonamides is 1. The van der Waals surface area contributed by atoms with Gasteiger partial charge in [0.25, 0.3) is 0 Å². The largest absolute Gasteiger partial charge is 0.511 e. The topological polar surface area (TPSA) is 72.2 Å². The Morgan fingerprint density at radius 1 is 0.870 bits per heavy atom. The molecule has 0 bridgehead atoms. The summed E-state index contributed by atoms with van der Waals surface area (Å²) in [5, 5.41) is 0. The van der Waals surface area contributed by atoms with E-state index in [9.17, 15) is 21.6 Å². The Morgan fingerprint density at radius 3 is 1.57 bits per heavy atom. The molecule has 0 spiro atoms. The van der Waals surface area contributed by atoms with Gasteiger partial charge >= 0.3 is 15.5 Å². The van der Waals surface area contributed by atoms with Crippen molar-refractivity contribution in [3.05, 3.63) is 71.8 Å². The highest BCUT2D eigenvalue weighted by Crippen LogP contribution is 2.33. The van der Waals surface area contributed by atoms with E-state index in [1.807, 2.05) is 0 Å². The van der Waals surface area contributed by atoms with Crippen LogP contribution < -0.4 is 10.5 Å². The van der Waals surface area contributed by atoms with Crippen molar-refractivity contribution in [1.29, 1.82) is 0 Å². The lowest BCUT2D eigenvalue weighted by Crippen LogP contribution is -2.54. The zero-order chi connectivity index (χ0) is 17.1. The Labute approximate surface area is 132 Å². The van der Waals surface area contributed by atoms with Crippen LogP contribution >= 0.6 is 0 Å². The summed E-state index contributed by atoms with van der Waals surface area (Å²) in [6, 6.07) is 15.9. The maximum absolute atomic E-state index is 12.8. The van der Waals surface area contributed by atoms with Crippen LogP contribution in [0.2, 0.25) is 0 Å². The van der Waals surface area contributed by atoms with Crippen LogP contribution in [0.15, 0.2) is 60.7 Å². The zero-order valence-electron chi connectivity index (χ0n) is 11.9. The fraction of sp³-hybridized carbons (Fsp3) is 0.200. The van der Waals surface area contributed by atoms with Crippen molar-refractivity contribution in [3.63, 3.8) is 0 Å². The Morgan fingerprint density at radius 2 is 1.26 bits per heavy atom. The molecule has 3 N–H and O–H groups in total. The molecule has 0 radical (unpaired) electrons. The zero-order valence-corrected chi connectivity index (χ0v) is 12.7. The number of nitrogens with two attached hydrogens (primary N) is 1. The third kappa shape index (κ3) is 3.39. The molecule has 124 valence electrons. The Hall–Kier alpha value is -1.90. The van der Waals surface area contributed by atoms with Crippen LogP contribution in [0.25, 0.3) is 0 Å². The second kappa shape index (κ2) is 6.31. The molecule has 0 aliphatic carbocycles. The Balaban J connectivity index is 2.66. The summed E-state index contributed by atoms with van der Waals surface area (Å²) in [7, 11) is -5.59. The minimum Gasteiger partial charge on any atom is -0.328 e. The first kappa shape index (κ1) is 17.5. The molecule has 0 aliphatic heterocycles. The fourth-order valence-electron chi connectivity index (χ4n) is 2.29. The molecule has 0 fully saturated rings. The van der Waals surface area contributed by atoms with Crippen LogP contribution in [-0.2, 0) is 15.6 Å². The summed E-state index contributed by atoms with van der Waals surface area (Å²) in [6.45, 7) is -0.379. The summed E-state index contributed by atoms with van der Waals surface area (Å²) in [4.78, 5) is 0. The highest BCUT2D eigenvalue weighted by atomic mass is 32.2. The van der Waals surface area contributed by atoms with Crippen molar-refractivity contribution < 1.29 is 21.6 Å². The first-order valence-electron chi connectivity index (χ1n) is 6.64. The van der Waals surface area contributed by atoms with E-state index in [1.54, 1.807) is 41.1 Å². The molecule has 4 nitrogen and oxygen atoms in total. The van der Waals surface area contributed by atoms with Crippen LogP contribution in [0, 0.1) is 0 Å². The van der Waals surface area contributed by atoms with E-state index in [-0.39, 0.29) is 6.54 Å². The van der Waals surface area contributed by atoms with E-state index < -0.39 is 21.1 Å². The number of halogens is 3. The average molecular weight is 344 g/mol. The Bertz CT molecular complexity index is 708. The molecular formula is C15H15F3N2O2S. The minimum atomic E-state index is -5.59. The molecule has 0 heterocycles. The van der Waals surface area contributed by atoms with Gasteiger partial charge < -0.3 is 5.73 Å². The maximum Gasteiger partial charge on any atom is 0.511 e. The van der Waals surface area contributed by atoms with Crippen molar-refractivity contribution in [2.75, 3.05) is 6.54 Å². The van der Waals surface area contributed by atoms with Gasteiger partial charge in [0.2, 0.25) is 0 Å². The van der Waals surface area contributed by atoms with Gasteiger partial charge in [-0.2, -0.15) is 17.9 Å². The third-order valence-electron chi connectivity index (χ3n) is 3.45. The maximum atomic E-state index is 12.8. The predicted molar refractivity (Wildman–Crippen MR) is 80.8 cm³/mol. The molecule has 2 aromatic carbocycles. The lowest BCUT2D eigenvalue weighted by atomic mass is 9.84. The lowest BCUT2D eigenvalue weighted by Gasteiger charge is -2.34. The van der Waals surface area contributed by atoms with Gasteiger partial charge in [0.05, 0.1) is 5.54 Å². The average Bonchev–Trinajstić information content (AvgIpc) is 2.53. The number of hydrogen-bond donors (Lipinski definition) is 2. The molecule has 0 saturated heterocycles. The smallest absolute Gasteiger partial charge is 0.328 e. The van der Waals surface area contributed by atoms with Gasteiger partial charge in [-0.05, 0) is 11.1 Å². The van der Waals surface area contributed by atoms with Crippen molar-refractivity contribution >= 4 is 10.0 Å².